The number of anilines is 2. The summed E-state index contributed by atoms with van der Waals surface area (Å²) < 4.78 is 40.5. The fourth-order valence-corrected chi connectivity index (χ4v) is 4.89. The zero-order valence-corrected chi connectivity index (χ0v) is 18.0. The molecule has 1 amide bonds. The van der Waals surface area contributed by atoms with Gasteiger partial charge in [0, 0.05) is 17.5 Å². The van der Waals surface area contributed by atoms with Crippen molar-refractivity contribution < 1.29 is 27.9 Å². The van der Waals surface area contributed by atoms with Crippen LogP contribution in [0.4, 0.5) is 24.5 Å². The highest BCUT2D eigenvalue weighted by Crippen LogP contribution is 2.50. The summed E-state index contributed by atoms with van der Waals surface area (Å²) in [6.07, 6.45) is -0.459. The van der Waals surface area contributed by atoms with Crippen LogP contribution >= 0.6 is 12.6 Å². The van der Waals surface area contributed by atoms with Gasteiger partial charge in [-0.2, -0.15) is 18.4 Å². The molecular weight excluding hydrogens is 455 g/mol. The molecule has 2 aromatic rings. The quantitative estimate of drug-likeness (QED) is 0.498. The Balaban J connectivity index is 1.73. The number of hydrogen-bond donors (Lipinski definition) is 2. The van der Waals surface area contributed by atoms with Crippen LogP contribution in [0.2, 0.25) is 0 Å². The van der Waals surface area contributed by atoms with Crippen molar-refractivity contribution in [2.24, 2.45) is 0 Å². The highest BCUT2D eigenvalue weighted by atomic mass is 32.1. The minimum Gasteiger partial charge on any atom is -0.478 e. The van der Waals surface area contributed by atoms with Crippen LogP contribution in [0.3, 0.4) is 0 Å². The maximum Gasteiger partial charge on any atom is 0.417 e. The van der Waals surface area contributed by atoms with Crippen LogP contribution in [0.25, 0.3) is 6.08 Å². The summed E-state index contributed by atoms with van der Waals surface area (Å²) in [6, 6.07) is 11.6. The van der Waals surface area contributed by atoms with E-state index in [1.807, 2.05) is 0 Å². The van der Waals surface area contributed by atoms with Gasteiger partial charge in [-0.25, -0.2) is 4.79 Å². The number of carboxylic acid groups (broad SMARTS) is 1. The van der Waals surface area contributed by atoms with Crippen molar-refractivity contribution in [3.63, 3.8) is 0 Å². The second-order valence-corrected chi connectivity index (χ2v) is 8.34. The van der Waals surface area contributed by atoms with E-state index in [0.717, 1.165) is 24.6 Å². The largest absolute Gasteiger partial charge is 0.478 e. The Kier molecular flexibility index (Phi) is 5.62. The topological polar surface area (TPSA) is 84.6 Å². The Morgan fingerprint density at radius 2 is 1.82 bits per heavy atom. The lowest BCUT2D eigenvalue weighted by atomic mass is 9.75. The first-order chi connectivity index (χ1) is 15.6. The number of carbonyl (C=O) groups excluding carboxylic acids is 1. The lowest BCUT2D eigenvalue weighted by molar-refractivity contribution is -0.138. The average Bonchev–Trinajstić information content (AvgIpc) is 2.98. The maximum absolute atomic E-state index is 13.5. The van der Waals surface area contributed by atoms with E-state index in [-0.39, 0.29) is 11.6 Å². The molecule has 0 radical (unpaired) electrons. The van der Waals surface area contributed by atoms with E-state index < -0.39 is 34.3 Å². The van der Waals surface area contributed by atoms with E-state index in [2.05, 4.69) is 12.6 Å². The normalized spacial score (nSPS) is 19.7. The summed E-state index contributed by atoms with van der Waals surface area (Å²) in [4.78, 5) is 27.2. The van der Waals surface area contributed by atoms with Gasteiger partial charge in [-0.3, -0.25) is 9.69 Å². The first kappa shape index (κ1) is 22.7. The van der Waals surface area contributed by atoms with Crippen LogP contribution in [0.1, 0.15) is 36.0 Å². The highest BCUT2D eigenvalue weighted by molar-refractivity contribution is 7.81. The number of halogens is 3. The number of nitriles is 1. The van der Waals surface area contributed by atoms with Gasteiger partial charge in [0.25, 0.3) is 5.91 Å². The number of nitrogens with zero attached hydrogens (tertiary/aromatic N) is 3. The van der Waals surface area contributed by atoms with Crippen molar-refractivity contribution in [3.8, 4) is 6.07 Å². The number of amides is 1. The smallest absolute Gasteiger partial charge is 0.417 e. The predicted octanol–water partition coefficient (Wildman–Crippen LogP) is 4.66. The molecule has 10 heteroatoms. The molecule has 1 aliphatic heterocycles. The zero-order valence-electron chi connectivity index (χ0n) is 17.1. The first-order valence-electron chi connectivity index (χ1n) is 10.0. The van der Waals surface area contributed by atoms with E-state index >= 15 is 0 Å². The standard InChI is InChI=1S/C23H18F3N3O3S/c24-23(25,26)18-12-17(8-5-15(18)13-27)28-20(32)22(10-1-11-22)29(21(28)33)16-6-2-14(3-7-16)4-9-19(30)31/h2-9,12,21,33H,1,10-11H2,(H,30,31)/b9-4+. The van der Waals surface area contributed by atoms with Crippen LogP contribution in [0, 0.1) is 11.3 Å². The van der Waals surface area contributed by atoms with Crippen molar-refractivity contribution in [1.82, 2.24) is 0 Å². The summed E-state index contributed by atoms with van der Waals surface area (Å²) in [5, 5.41) is 17.8. The molecule has 2 aliphatic rings. The number of alkyl halides is 3. The number of hydrogen-bond acceptors (Lipinski definition) is 5. The molecule has 170 valence electrons. The van der Waals surface area contributed by atoms with Gasteiger partial charge in [0.1, 0.15) is 5.54 Å². The van der Waals surface area contributed by atoms with Crippen molar-refractivity contribution in [2.45, 2.75) is 36.5 Å². The summed E-state index contributed by atoms with van der Waals surface area (Å²) in [5.41, 5.74) is -2.11. The maximum atomic E-state index is 13.5. The Hall–Kier alpha value is -3.45. The van der Waals surface area contributed by atoms with Crippen molar-refractivity contribution >= 4 is 42.0 Å². The Morgan fingerprint density at radius 1 is 1.18 bits per heavy atom. The van der Waals surface area contributed by atoms with Crippen molar-refractivity contribution in [2.75, 3.05) is 9.80 Å². The molecule has 4 rings (SSSR count). The van der Waals surface area contributed by atoms with Gasteiger partial charge >= 0.3 is 12.1 Å². The molecule has 1 spiro atoms. The minimum atomic E-state index is -4.75. The second-order valence-electron chi connectivity index (χ2n) is 7.88. The van der Waals surface area contributed by atoms with E-state index in [1.54, 1.807) is 35.2 Å². The summed E-state index contributed by atoms with van der Waals surface area (Å²) >= 11 is 4.61. The second kappa shape index (κ2) is 8.15. The summed E-state index contributed by atoms with van der Waals surface area (Å²) in [5.74, 6) is -1.43. The Bertz CT molecular complexity index is 1180. The van der Waals surface area contributed by atoms with Gasteiger partial charge < -0.3 is 10.0 Å². The molecule has 33 heavy (non-hydrogen) atoms. The molecule has 0 aromatic heterocycles. The van der Waals surface area contributed by atoms with Crippen molar-refractivity contribution in [3.05, 3.63) is 65.2 Å². The van der Waals surface area contributed by atoms with E-state index in [9.17, 15) is 22.8 Å². The fourth-order valence-electron chi connectivity index (χ4n) is 4.29. The predicted molar refractivity (Wildman–Crippen MR) is 119 cm³/mol. The van der Waals surface area contributed by atoms with Crippen molar-refractivity contribution in [1.29, 1.82) is 5.26 Å². The van der Waals surface area contributed by atoms with Gasteiger partial charge in [0.15, 0.2) is 5.50 Å². The molecule has 2 fully saturated rings. The average molecular weight is 473 g/mol. The van der Waals surface area contributed by atoms with Gasteiger partial charge in [0.05, 0.1) is 17.2 Å². The van der Waals surface area contributed by atoms with E-state index in [4.69, 9.17) is 10.4 Å². The molecule has 0 bridgehead atoms. The van der Waals surface area contributed by atoms with Crippen LogP contribution in [-0.2, 0) is 15.8 Å². The van der Waals surface area contributed by atoms with E-state index in [0.29, 0.717) is 24.1 Å². The van der Waals surface area contributed by atoms with E-state index in [1.165, 1.54) is 17.0 Å². The lowest BCUT2D eigenvalue weighted by Gasteiger charge is -2.44. The molecule has 2 aromatic carbocycles. The highest BCUT2D eigenvalue weighted by Gasteiger charge is 2.60. The lowest BCUT2D eigenvalue weighted by Crippen LogP contribution is -2.55. The van der Waals surface area contributed by atoms with Gasteiger partial charge in [-0.15, -0.1) is 12.6 Å². The fraction of sp³-hybridized carbons (Fsp3) is 0.261. The SMILES string of the molecule is N#Cc1ccc(N2C(=O)C3(CCC3)N(c3ccc(/C=C/C(=O)O)cc3)C2S)cc1C(F)(F)F. The van der Waals surface area contributed by atoms with Crippen LogP contribution < -0.4 is 9.80 Å². The first-order valence-corrected chi connectivity index (χ1v) is 10.5. The molecule has 1 atom stereocenters. The van der Waals surface area contributed by atoms with Crippen LogP contribution in [0.15, 0.2) is 48.5 Å². The summed E-state index contributed by atoms with van der Waals surface area (Å²) in [6.45, 7) is 0. The summed E-state index contributed by atoms with van der Waals surface area (Å²) in [7, 11) is 0. The number of benzene rings is 2. The molecular formula is C23H18F3N3O3S. The molecule has 1 heterocycles. The molecule has 1 N–H and O–H groups in total. The molecule has 6 nitrogen and oxygen atoms in total. The third-order valence-corrected chi connectivity index (χ3v) is 6.48. The molecule has 1 aliphatic carbocycles. The third kappa shape index (κ3) is 3.82. The number of carbonyl (C=O) groups is 2. The van der Waals surface area contributed by atoms with Gasteiger partial charge in [-0.1, -0.05) is 12.1 Å². The monoisotopic (exact) mass is 473 g/mol. The number of aliphatic carboxylic acids is 1. The number of rotatable bonds is 4. The number of thiol groups is 1. The van der Waals surface area contributed by atoms with Gasteiger partial charge in [-0.05, 0) is 61.2 Å². The number of carboxylic acids is 1. The van der Waals surface area contributed by atoms with Gasteiger partial charge in [0.2, 0.25) is 0 Å². The zero-order chi connectivity index (χ0) is 24.0. The van der Waals surface area contributed by atoms with Crippen LogP contribution in [0.5, 0.6) is 0 Å². The molecule has 1 saturated carbocycles. The molecule has 1 unspecified atom stereocenters. The third-order valence-electron chi connectivity index (χ3n) is 6.02. The Labute approximate surface area is 192 Å². The van der Waals surface area contributed by atoms with Crippen LogP contribution in [-0.4, -0.2) is 28.0 Å². The minimum absolute atomic E-state index is 0.0149. The molecule has 1 saturated heterocycles. The Morgan fingerprint density at radius 3 is 2.33 bits per heavy atom.